The third-order valence-corrected chi connectivity index (χ3v) is 5.53. The van der Waals surface area contributed by atoms with Crippen molar-refractivity contribution in [1.82, 2.24) is 20.3 Å². The summed E-state index contributed by atoms with van der Waals surface area (Å²) in [4.78, 5) is 14.2. The van der Waals surface area contributed by atoms with Gasteiger partial charge in [0.05, 0.1) is 6.61 Å². The van der Waals surface area contributed by atoms with Gasteiger partial charge in [0.1, 0.15) is 11.6 Å². The van der Waals surface area contributed by atoms with Crippen LogP contribution in [0.25, 0.3) is 10.9 Å². The van der Waals surface area contributed by atoms with Crippen molar-refractivity contribution in [2.45, 2.75) is 27.7 Å². The Bertz CT molecular complexity index is 1200. The van der Waals surface area contributed by atoms with E-state index < -0.39 is 5.82 Å². The number of likely N-dealkylation sites (N-methyl/N-ethyl adjacent to an activating group) is 1. The Morgan fingerprint density at radius 2 is 2.06 bits per heavy atom. The molecule has 3 aromatic rings. The third kappa shape index (κ3) is 6.51. The fourth-order valence-electron chi connectivity index (χ4n) is 3.70. The Morgan fingerprint density at radius 3 is 2.71 bits per heavy atom. The van der Waals surface area contributed by atoms with Crippen LogP contribution in [0.2, 0.25) is 0 Å². The van der Waals surface area contributed by atoms with Gasteiger partial charge in [-0.3, -0.25) is 0 Å². The lowest BCUT2D eigenvalue weighted by Gasteiger charge is -2.22. The second-order valence-electron chi connectivity index (χ2n) is 8.51. The number of benzene rings is 1. The highest BCUT2D eigenvalue weighted by molar-refractivity contribution is 5.82. The maximum Gasteiger partial charge on any atom is 0.326 e. The van der Waals surface area contributed by atoms with E-state index >= 15 is 4.39 Å². The zero-order valence-electron chi connectivity index (χ0n) is 21.3. The summed E-state index contributed by atoms with van der Waals surface area (Å²) in [5.41, 5.74) is 3.25. The van der Waals surface area contributed by atoms with Crippen LogP contribution in [0.15, 0.2) is 48.3 Å². The average molecular weight is 483 g/mol. The average Bonchev–Trinajstić information content (AvgIpc) is 3.20. The number of allylic oxidation sites excluding steroid dienone is 2. The number of aromatic amines is 1. The third-order valence-electron chi connectivity index (χ3n) is 5.53. The number of anilines is 2. The molecule has 0 radical (unpaired) electrons. The van der Waals surface area contributed by atoms with E-state index in [1.54, 1.807) is 25.3 Å². The van der Waals surface area contributed by atoms with Crippen LogP contribution in [0.1, 0.15) is 26.5 Å². The maximum absolute atomic E-state index is 15.2. The lowest BCUT2D eigenvalue weighted by atomic mass is 10.1. The van der Waals surface area contributed by atoms with E-state index in [9.17, 15) is 0 Å². The van der Waals surface area contributed by atoms with Crippen molar-refractivity contribution in [3.63, 3.8) is 0 Å². The first-order chi connectivity index (χ1) is 16.7. The fourth-order valence-corrected chi connectivity index (χ4v) is 3.70. The highest BCUT2D eigenvalue weighted by Gasteiger charge is 2.16. The summed E-state index contributed by atoms with van der Waals surface area (Å²) in [6.07, 6.45) is 1.93. The Balaban J connectivity index is 1.97. The molecule has 3 N–H and O–H groups in total. The Kier molecular flexibility index (Phi) is 8.70. The van der Waals surface area contributed by atoms with Gasteiger partial charge in [0.2, 0.25) is 0 Å². The minimum Gasteiger partial charge on any atom is -0.421 e. The highest BCUT2D eigenvalue weighted by Crippen LogP contribution is 2.31. The van der Waals surface area contributed by atoms with Gasteiger partial charge in [-0.05, 0) is 44.0 Å². The van der Waals surface area contributed by atoms with Crippen molar-refractivity contribution in [2.24, 2.45) is 5.92 Å². The summed E-state index contributed by atoms with van der Waals surface area (Å²) >= 11 is 0. The molecule has 1 aromatic carbocycles. The van der Waals surface area contributed by atoms with Gasteiger partial charge >= 0.3 is 6.01 Å². The van der Waals surface area contributed by atoms with Crippen molar-refractivity contribution < 1.29 is 13.9 Å². The molecule has 0 aliphatic heterocycles. The predicted octanol–water partition coefficient (Wildman–Crippen LogP) is 5.36. The van der Waals surface area contributed by atoms with Crippen LogP contribution in [0.3, 0.4) is 0 Å². The second kappa shape index (κ2) is 11.7. The van der Waals surface area contributed by atoms with Gasteiger partial charge in [0, 0.05) is 61.3 Å². The normalized spacial score (nSPS) is 11.7. The molecule has 0 atom stereocenters. The van der Waals surface area contributed by atoms with Gasteiger partial charge in [0.15, 0.2) is 11.6 Å². The summed E-state index contributed by atoms with van der Waals surface area (Å²) in [6.45, 7) is 14.0. The summed E-state index contributed by atoms with van der Waals surface area (Å²) in [7, 11) is 3.53. The van der Waals surface area contributed by atoms with E-state index in [0.29, 0.717) is 53.8 Å². The van der Waals surface area contributed by atoms with Gasteiger partial charge in [-0.15, -0.1) is 0 Å². The maximum atomic E-state index is 15.2. The van der Waals surface area contributed by atoms with E-state index in [0.717, 1.165) is 11.4 Å². The first-order valence-corrected chi connectivity index (χ1v) is 11.7. The highest BCUT2D eigenvalue weighted by atomic mass is 19.1. The molecule has 0 spiro atoms. The van der Waals surface area contributed by atoms with Gasteiger partial charge in [-0.2, -0.15) is 9.97 Å². The molecule has 2 aromatic heterocycles. The molecule has 0 fully saturated rings. The number of hydrogen-bond acceptors (Lipinski definition) is 7. The van der Waals surface area contributed by atoms with E-state index in [4.69, 9.17) is 9.47 Å². The number of hydrogen-bond donors (Lipinski definition) is 3. The minimum absolute atomic E-state index is 0.0286. The molecule has 3 rings (SSSR count). The number of nitrogens with zero attached hydrogens (tertiary/aromatic N) is 3. The second-order valence-corrected chi connectivity index (χ2v) is 8.51. The number of H-pyrrole nitrogens is 1. The van der Waals surface area contributed by atoms with E-state index in [1.165, 1.54) is 0 Å². The molecule has 0 aliphatic carbocycles. The van der Waals surface area contributed by atoms with Crippen LogP contribution >= 0.6 is 0 Å². The number of ether oxygens (including phenoxy) is 2. The Morgan fingerprint density at radius 1 is 1.29 bits per heavy atom. The molecule has 9 heteroatoms. The molecule has 0 amide bonds. The molecule has 2 heterocycles. The van der Waals surface area contributed by atoms with Crippen molar-refractivity contribution in [2.75, 3.05) is 44.1 Å². The van der Waals surface area contributed by atoms with Gasteiger partial charge < -0.3 is 30.0 Å². The van der Waals surface area contributed by atoms with Gasteiger partial charge in [0.25, 0.3) is 0 Å². The van der Waals surface area contributed by atoms with Crippen LogP contribution in [0.4, 0.5) is 16.0 Å². The van der Waals surface area contributed by atoms with Crippen LogP contribution in [0, 0.1) is 18.7 Å². The monoisotopic (exact) mass is 482 g/mol. The molecular formula is C26H35FN6O2. The Hall–Kier alpha value is -3.59. The van der Waals surface area contributed by atoms with Crippen LogP contribution in [-0.4, -0.2) is 48.8 Å². The number of rotatable bonds is 12. The molecule has 35 heavy (non-hydrogen) atoms. The van der Waals surface area contributed by atoms with Crippen molar-refractivity contribution in [1.29, 1.82) is 0 Å². The molecule has 0 saturated carbocycles. The summed E-state index contributed by atoms with van der Waals surface area (Å²) in [6, 6.07) is 6.94. The first kappa shape index (κ1) is 26.0. The lowest BCUT2D eigenvalue weighted by molar-refractivity contribution is 0.205. The molecule has 8 nitrogen and oxygen atoms in total. The molecule has 0 bridgehead atoms. The van der Waals surface area contributed by atoms with Gasteiger partial charge in [-0.1, -0.05) is 20.4 Å². The largest absolute Gasteiger partial charge is 0.421 e. The molecule has 0 unspecified atom stereocenters. The summed E-state index contributed by atoms with van der Waals surface area (Å²) < 4.78 is 26.3. The zero-order valence-corrected chi connectivity index (χ0v) is 21.3. The first-order valence-electron chi connectivity index (χ1n) is 11.7. The number of fused-ring (bicyclic) bond motifs is 1. The van der Waals surface area contributed by atoms with E-state index in [-0.39, 0.29) is 11.8 Å². The van der Waals surface area contributed by atoms with Crippen LogP contribution in [0.5, 0.6) is 11.8 Å². The van der Waals surface area contributed by atoms with Crippen LogP contribution < -0.4 is 20.3 Å². The smallest absolute Gasteiger partial charge is 0.326 e. The number of aryl methyl sites for hydroxylation is 1. The molecular weight excluding hydrogens is 447 g/mol. The summed E-state index contributed by atoms with van der Waals surface area (Å²) in [5.74, 6) is 1.00. The number of nitrogens with one attached hydrogen (secondary N) is 3. The molecule has 0 aliphatic rings. The summed E-state index contributed by atoms with van der Waals surface area (Å²) in [5, 5.41) is 6.85. The number of methoxy groups -OCH3 is 1. The van der Waals surface area contributed by atoms with E-state index in [1.807, 2.05) is 37.9 Å². The fraction of sp³-hybridized carbons (Fsp3) is 0.385. The van der Waals surface area contributed by atoms with Gasteiger partial charge in [-0.25, -0.2) is 4.39 Å². The SMILES string of the molecule is C=C(/C=C(\NC)C(C)C)Nc1cc(N(CC)CCOC)nc(Oc2ccc3[nH]c(C)cc3c2F)n1. The van der Waals surface area contributed by atoms with Crippen LogP contribution in [-0.2, 0) is 4.74 Å². The standard InChI is InChI=1S/C26H35FN6O2/c1-8-33(11-12-34-7)24-15-23(30-18(5)14-21(28-6)16(2)3)31-26(32-24)35-22-10-9-20-19(25(22)27)13-17(4)29-20/h9-10,13-16,28-29H,5,8,11-12H2,1-4,6-7H3,(H,30,31,32)/b21-14-. The van der Waals surface area contributed by atoms with E-state index in [2.05, 4.69) is 46.0 Å². The minimum atomic E-state index is -0.468. The Labute approximate surface area is 206 Å². The van der Waals surface area contributed by atoms with Crippen molar-refractivity contribution >= 4 is 22.5 Å². The zero-order chi connectivity index (χ0) is 25.5. The topological polar surface area (TPSA) is 87.3 Å². The number of halogens is 1. The van der Waals surface area contributed by atoms with Crippen molar-refractivity contribution in [3.05, 3.63) is 59.8 Å². The quantitative estimate of drug-likeness (QED) is 0.300. The lowest BCUT2D eigenvalue weighted by Crippen LogP contribution is -2.28. The molecule has 188 valence electrons. The predicted molar refractivity (Wildman–Crippen MR) is 140 cm³/mol. The molecule has 0 saturated heterocycles. The van der Waals surface area contributed by atoms with Crippen molar-refractivity contribution in [3.8, 4) is 11.8 Å². The number of aromatic nitrogens is 3.